The topological polar surface area (TPSA) is 42.5 Å². The van der Waals surface area contributed by atoms with Crippen molar-refractivity contribution in [3.05, 3.63) is 84.9 Å². The second kappa shape index (κ2) is 5.79. The van der Waals surface area contributed by atoms with Crippen LogP contribution in [0.3, 0.4) is 0 Å². The predicted molar refractivity (Wildman–Crippen MR) is 111 cm³/mol. The van der Waals surface area contributed by atoms with Crippen LogP contribution in [-0.2, 0) is 0 Å². The summed E-state index contributed by atoms with van der Waals surface area (Å²) in [5, 5.41) is 6.88. The Balaban J connectivity index is 1.43. The highest BCUT2D eigenvalue weighted by Crippen LogP contribution is 2.49. The lowest BCUT2D eigenvalue weighted by atomic mass is 10.0. The van der Waals surface area contributed by atoms with Gasteiger partial charge in [-0.1, -0.05) is 42.5 Å². The fraction of sp³-hybridized carbons (Fsp3) is 0. The van der Waals surface area contributed by atoms with Gasteiger partial charge in [0, 0.05) is 5.56 Å². The van der Waals surface area contributed by atoms with Crippen LogP contribution in [0, 0.1) is 0 Å². The maximum Gasteiger partial charge on any atom is 0.158 e. The molecule has 0 radical (unpaired) electrons. The van der Waals surface area contributed by atoms with Crippen LogP contribution in [0.25, 0.3) is 11.1 Å². The number of nitrogens with one attached hydrogen (secondary N) is 2. The first-order valence-corrected chi connectivity index (χ1v) is 9.20. The molecule has 0 aliphatic carbocycles. The SMILES string of the molecule is c1ccc2c(c1)Nc1ccc(-c3cccc4c3Oc3ccccc3N4)cc1O2. The molecule has 6 rings (SSSR count). The van der Waals surface area contributed by atoms with Gasteiger partial charge in [0.15, 0.2) is 23.0 Å². The lowest BCUT2D eigenvalue weighted by Crippen LogP contribution is -2.04. The van der Waals surface area contributed by atoms with Crippen molar-refractivity contribution in [2.45, 2.75) is 0 Å². The number of anilines is 4. The van der Waals surface area contributed by atoms with Crippen molar-refractivity contribution < 1.29 is 9.47 Å². The van der Waals surface area contributed by atoms with Crippen molar-refractivity contribution in [2.24, 2.45) is 0 Å². The van der Waals surface area contributed by atoms with E-state index in [1.165, 1.54) is 0 Å². The first-order chi connectivity index (χ1) is 13.8. The zero-order valence-corrected chi connectivity index (χ0v) is 14.9. The number of fused-ring (bicyclic) bond motifs is 4. The number of benzene rings is 4. The molecule has 4 aromatic carbocycles. The molecule has 0 aromatic heterocycles. The minimum atomic E-state index is 0.804. The molecular formula is C24H16N2O2. The van der Waals surface area contributed by atoms with Crippen LogP contribution in [0.4, 0.5) is 22.7 Å². The Morgan fingerprint density at radius 2 is 1.14 bits per heavy atom. The van der Waals surface area contributed by atoms with Crippen LogP contribution in [0.2, 0.25) is 0 Å². The normalized spacial score (nSPS) is 12.7. The van der Waals surface area contributed by atoms with Crippen molar-refractivity contribution in [1.29, 1.82) is 0 Å². The molecule has 4 nitrogen and oxygen atoms in total. The summed E-state index contributed by atoms with van der Waals surface area (Å²) in [7, 11) is 0. The van der Waals surface area contributed by atoms with E-state index in [-0.39, 0.29) is 0 Å². The van der Waals surface area contributed by atoms with Crippen LogP contribution in [0.5, 0.6) is 23.0 Å². The molecule has 0 saturated heterocycles. The summed E-state index contributed by atoms with van der Waals surface area (Å²) in [6.07, 6.45) is 0. The quantitative estimate of drug-likeness (QED) is 0.328. The third-order valence-electron chi connectivity index (χ3n) is 5.05. The average Bonchev–Trinajstić information content (AvgIpc) is 2.75. The van der Waals surface area contributed by atoms with E-state index < -0.39 is 0 Å². The van der Waals surface area contributed by atoms with E-state index in [0.717, 1.165) is 56.9 Å². The number of hydrogen-bond acceptors (Lipinski definition) is 4. The molecule has 0 bridgehead atoms. The monoisotopic (exact) mass is 364 g/mol. The fourth-order valence-electron chi connectivity index (χ4n) is 3.69. The van der Waals surface area contributed by atoms with Crippen molar-refractivity contribution in [3.63, 3.8) is 0 Å². The molecule has 2 heterocycles. The Labute approximate surface area is 162 Å². The van der Waals surface area contributed by atoms with E-state index in [4.69, 9.17) is 9.47 Å². The lowest BCUT2D eigenvalue weighted by molar-refractivity contribution is 0.480. The van der Waals surface area contributed by atoms with Gasteiger partial charge in [-0.2, -0.15) is 0 Å². The smallest absolute Gasteiger partial charge is 0.158 e. The van der Waals surface area contributed by atoms with Crippen LogP contribution in [-0.4, -0.2) is 0 Å². The summed E-state index contributed by atoms with van der Waals surface area (Å²) >= 11 is 0. The molecule has 0 unspecified atom stereocenters. The highest BCUT2D eigenvalue weighted by Gasteiger charge is 2.22. The van der Waals surface area contributed by atoms with Gasteiger partial charge in [0.1, 0.15) is 0 Å². The molecular weight excluding hydrogens is 348 g/mol. The maximum absolute atomic E-state index is 6.24. The standard InChI is InChI=1S/C24H16N2O2/c1-3-10-21-17(7-1)25-19-13-12-15(14-23(19)27-21)16-6-5-9-20-24(16)28-22-11-4-2-8-18(22)26-20/h1-14,25-26H. The van der Waals surface area contributed by atoms with Crippen molar-refractivity contribution in [2.75, 3.05) is 10.6 Å². The van der Waals surface area contributed by atoms with E-state index in [1.807, 2.05) is 66.7 Å². The van der Waals surface area contributed by atoms with Gasteiger partial charge < -0.3 is 20.1 Å². The molecule has 0 saturated carbocycles. The van der Waals surface area contributed by atoms with Gasteiger partial charge in [-0.05, 0) is 48.0 Å². The third kappa shape index (κ3) is 2.32. The maximum atomic E-state index is 6.24. The van der Waals surface area contributed by atoms with E-state index in [2.05, 4.69) is 28.8 Å². The molecule has 2 aliphatic rings. The minimum Gasteiger partial charge on any atom is -0.453 e. The zero-order valence-electron chi connectivity index (χ0n) is 14.9. The van der Waals surface area contributed by atoms with Gasteiger partial charge in [0.25, 0.3) is 0 Å². The Bertz CT molecular complexity index is 1230. The minimum absolute atomic E-state index is 0.804. The second-order valence-electron chi connectivity index (χ2n) is 6.84. The van der Waals surface area contributed by atoms with Crippen molar-refractivity contribution >= 4 is 22.7 Å². The zero-order chi connectivity index (χ0) is 18.5. The first kappa shape index (κ1) is 15.2. The van der Waals surface area contributed by atoms with Gasteiger partial charge in [0.2, 0.25) is 0 Å². The van der Waals surface area contributed by atoms with Gasteiger partial charge in [-0.3, -0.25) is 0 Å². The van der Waals surface area contributed by atoms with Crippen molar-refractivity contribution in [3.8, 4) is 34.1 Å². The van der Waals surface area contributed by atoms with E-state index >= 15 is 0 Å². The summed E-state index contributed by atoms with van der Waals surface area (Å²) in [5.74, 6) is 3.28. The Morgan fingerprint density at radius 1 is 0.500 bits per heavy atom. The van der Waals surface area contributed by atoms with Crippen LogP contribution >= 0.6 is 0 Å². The number of hydrogen-bond donors (Lipinski definition) is 2. The molecule has 2 N–H and O–H groups in total. The highest BCUT2D eigenvalue weighted by molar-refractivity contribution is 5.87. The van der Waals surface area contributed by atoms with Crippen LogP contribution in [0.15, 0.2) is 84.9 Å². The number of rotatable bonds is 1. The van der Waals surface area contributed by atoms with E-state index in [1.54, 1.807) is 0 Å². The highest BCUT2D eigenvalue weighted by atomic mass is 16.5. The van der Waals surface area contributed by atoms with Gasteiger partial charge in [0.05, 0.1) is 22.7 Å². The molecule has 134 valence electrons. The first-order valence-electron chi connectivity index (χ1n) is 9.20. The molecule has 28 heavy (non-hydrogen) atoms. The Morgan fingerprint density at radius 3 is 1.96 bits per heavy atom. The lowest BCUT2D eigenvalue weighted by Gasteiger charge is -2.25. The molecule has 4 heteroatoms. The molecule has 0 amide bonds. The molecule has 2 aliphatic heterocycles. The van der Waals surface area contributed by atoms with E-state index in [0.29, 0.717) is 0 Å². The summed E-state index contributed by atoms with van der Waals surface area (Å²) in [6, 6.07) is 28.2. The molecule has 4 aromatic rings. The average molecular weight is 364 g/mol. The Kier molecular flexibility index (Phi) is 3.14. The third-order valence-corrected chi connectivity index (χ3v) is 5.05. The summed E-state index contributed by atoms with van der Waals surface area (Å²) in [4.78, 5) is 0. The molecule has 0 atom stereocenters. The molecule has 0 spiro atoms. The largest absolute Gasteiger partial charge is 0.453 e. The molecule has 0 fully saturated rings. The van der Waals surface area contributed by atoms with E-state index in [9.17, 15) is 0 Å². The summed E-state index contributed by atoms with van der Waals surface area (Å²) in [5.41, 5.74) is 5.92. The predicted octanol–water partition coefficient (Wildman–Crippen LogP) is 7.05. The fourth-order valence-corrected chi connectivity index (χ4v) is 3.69. The van der Waals surface area contributed by atoms with Crippen LogP contribution in [0.1, 0.15) is 0 Å². The van der Waals surface area contributed by atoms with Gasteiger partial charge in [-0.15, -0.1) is 0 Å². The number of para-hydroxylation sites is 5. The summed E-state index contributed by atoms with van der Waals surface area (Å²) in [6.45, 7) is 0. The number of ether oxygens (including phenoxy) is 2. The van der Waals surface area contributed by atoms with Crippen molar-refractivity contribution in [1.82, 2.24) is 0 Å². The second-order valence-corrected chi connectivity index (χ2v) is 6.84. The van der Waals surface area contributed by atoms with Crippen LogP contribution < -0.4 is 20.1 Å². The summed E-state index contributed by atoms with van der Waals surface area (Å²) < 4.78 is 12.4. The Hall–Kier alpha value is -3.92. The van der Waals surface area contributed by atoms with Gasteiger partial charge in [-0.25, -0.2) is 0 Å². The van der Waals surface area contributed by atoms with Gasteiger partial charge >= 0.3 is 0 Å².